The summed E-state index contributed by atoms with van der Waals surface area (Å²) in [5.41, 5.74) is 6.00. The fourth-order valence-electron chi connectivity index (χ4n) is 2.21. The van der Waals surface area contributed by atoms with Gasteiger partial charge in [-0.1, -0.05) is 6.07 Å². The molecule has 0 bridgehead atoms. The number of aromatic amines is 1. The topological polar surface area (TPSA) is 33.6 Å². The molecule has 0 amide bonds. The summed E-state index contributed by atoms with van der Waals surface area (Å²) in [6.07, 6.45) is 1.74. The number of fused-ring (bicyclic) bond motifs is 1. The molecule has 0 aliphatic heterocycles. The van der Waals surface area contributed by atoms with Gasteiger partial charge in [0.25, 0.3) is 0 Å². The first-order valence-corrected chi connectivity index (χ1v) is 5.79. The Morgan fingerprint density at radius 2 is 1.88 bits per heavy atom. The smallest absolute Gasteiger partial charge is 0.0931 e. The predicted octanol–water partition coefficient (Wildman–Crippen LogP) is 3.03. The van der Waals surface area contributed by atoms with Gasteiger partial charge in [0.2, 0.25) is 0 Å². The Morgan fingerprint density at radius 1 is 1.12 bits per heavy atom. The van der Waals surface area contributed by atoms with Crippen LogP contribution in [0.15, 0.2) is 36.7 Å². The third kappa shape index (κ3) is 1.73. The zero-order chi connectivity index (χ0) is 11.8. The van der Waals surface area contributed by atoms with E-state index in [4.69, 9.17) is 0 Å². The second-order valence-corrected chi connectivity index (χ2v) is 4.46. The van der Waals surface area contributed by atoms with Gasteiger partial charge in [-0.3, -0.25) is 0 Å². The summed E-state index contributed by atoms with van der Waals surface area (Å²) in [5, 5.41) is 0. The number of nitrogens with one attached hydrogen (secondary N) is 1. The molecule has 3 aromatic rings. The van der Waals surface area contributed by atoms with Crippen molar-refractivity contribution in [1.29, 1.82) is 0 Å². The molecule has 0 saturated carbocycles. The van der Waals surface area contributed by atoms with E-state index in [0.29, 0.717) is 0 Å². The van der Waals surface area contributed by atoms with Crippen molar-refractivity contribution in [3.8, 4) is 0 Å². The van der Waals surface area contributed by atoms with Gasteiger partial charge in [-0.15, -0.1) is 0 Å². The summed E-state index contributed by atoms with van der Waals surface area (Å²) in [4.78, 5) is 7.40. The van der Waals surface area contributed by atoms with Crippen LogP contribution >= 0.6 is 0 Å². The molecule has 0 aliphatic carbocycles. The third-order valence-corrected chi connectivity index (χ3v) is 3.24. The standard InChI is InChI=1S/C14H15N3/c1-10-3-4-11(2)17(10)8-12-5-6-13-14(7-12)16-9-15-13/h3-7,9H,8H2,1-2H3,(H,15,16). The lowest BCUT2D eigenvalue weighted by molar-refractivity contribution is 0.750. The molecular formula is C14H15N3. The highest BCUT2D eigenvalue weighted by molar-refractivity contribution is 5.75. The van der Waals surface area contributed by atoms with E-state index in [0.717, 1.165) is 17.6 Å². The van der Waals surface area contributed by atoms with Crippen molar-refractivity contribution < 1.29 is 0 Å². The minimum atomic E-state index is 0.910. The first-order chi connectivity index (χ1) is 8.24. The van der Waals surface area contributed by atoms with E-state index in [2.05, 4.69) is 58.7 Å². The first-order valence-electron chi connectivity index (χ1n) is 5.79. The van der Waals surface area contributed by atoms with E-state index in [1.807, 2.05) is 0 Å². The van der Waals surface area contributed by atoms with Crippen LogP contribution in [0.4, 0.5) is 0 Å². The largest absolute Gasteiger partial charge is 0.345 e. The predicted molar refractivity (Wildman–Crippen MR) is 69.1 cm³/mol. The molecule has 0 saturated heterocycles. The first kappa shape index (κ1) is 10.1. The van der Waals surface area contributed by atoms with Crippen molar-refractivity contribution in [2.75, 3.05) is 0 Å². The van der Waals surface area contributed by atoms with Gasteiger partial charge >= 0.3 is 0 Å². The zero-order valence-electron chi connectivity index (χ0n) is 10.1. The Labute approximate surface area is 100 Å². The zero-order valence-corrected chi connectivity index (χ0v) is 10.1. The summed E-state index contributed by atoms with van der Waals surface area (Å²) in [7, 11) is 0. The second-order valence-electron chi connectivity index (χ2n) is 4.46. The van der Waals surface area contributed by atoms with Gasteiger partial charge in [-0.2, -0.15) is 0 Å². The Morgan fingerprint density at radius 3 is 2.65 bits per heavy atom. The average molecular weight is 225 g/mol. The number of aryl methyl sites for hydroxylation is 2. The molecule has 1 aromatic carbocycles. The van der Waals surface area contributed by atoms with Crippen molar-refractivity contribution >= 4 is 11.0 Å². The van der Waals surface area contributed by atoms with E-state index in [1.54, 1.807) is 6.33 Å². The summed E-state index contributed by atoms with van der Waals surface area (Å²) >= 11 is 0. The molecule has 0 radical (unpaired) electrons. The molecule has 3 nitrogen and oxygen atoms in total. The molecule has 2 heterocycles. The van der Waals surface area contributed by atoms with Crippen molar-refractivity contribution in [2.45, 2.75) is 20.4 Å². The number of hydrogen-bond acceptors (Lipinski definition) is 1. The molecule has 0 unspecified atom stereocenters. The monoisotopic (exact) mass is 225 g/mol. The normalized spacial score (nSPS) is 11.2. The van der Waals surface area contributed by atoms with E-state index in [9.17, 15) is 0 Å². The Bertz CT molecular complexity index is 641. The van der Waals surface area contributed by atoms with Crippen LogP contribution in [0, 0.1) is 13.8 Å². The van der Waals surface area contributed by atoms with Crippen LogP contribution in [0.25, 0.3) is 11.0 Å². The quantitative estimate of drug-likeness (QED) is 0.714. The van der Waals surface area contributed by atoms with Crippen LogP contribution in [-0.2, 0) is 6.54 Å². The number of imidazole rings is 1. The molecule has 0 fully saturated rings. The van der Waals surface area contributed by atoms with E-state index in [1.165, 1.54) is 17.0 Å². The van der Waals surface area contributed by atoms with E-state index < -0.39 is 0 Å². The maximum absolute atomic E-state index is 4.29. The SMILES string of the molecule is Cc1ccc(C)n1Cc1ccc2[nH]cnc2c1. The maximum atomic E-state index is 4.29. The molecule has 3 heteroatoms. The number of benzene rings is 1. The van der Waals surface area contributed by atoms with Crippen molar-refractivity contribution in [3.05, 3.63) is 53.6 Å². The lowest BCUT2D eigenvalue weighted by Gasteiger charge is -2.09. The molecule has 17 heavy (non-hydrogen) atoms. The maximum Gasteiger partial charge on any atom is 0.0931 e. The van der Waals surface area contributed by atoms with Gasteiger partial charge in [0.05, 0.1) is 17.4 Å². The van der Waals surface area contributed by atoms with Crippen LogP contribution in [-0.4, -0.2) is 14.5 Å². The molecule has 0 aliphatic rings. The van der Waals surface area contributed by atoms with Gasteiger partial charge in [0.15, 0.2) is 0 Å². The molecular weight excluding hydrogens is 210 g/mol. The van der Waals surface area contributed by atoms with Crippen LogP contribution in [0.1, 0.15) is 17.0 Å². The summed E-state index contributed by atoms with van der Waals surface area (Å²) in [6.45, 7) is 5.19. The fraction of sp³-hybridized carbons (Fsp3) is 0.214. The molecule has 86 valence electrons. The highest BCUT2D eigenvalue weighted by Crippen LogP contribution is 2.15. The number of nitrogens with zero attached hydrogens (tertiary/aromatic N) is 2. The molecule has 0 atom stereocenters. The van der Waals surface area contributed by atoms with Crippen LogP contribution in [0.3, 0.4) is 0 Å². The summed E-state index contributed by atoms with van der Waals surface area (Å²) < 4.78 is 2.31. The van der Waals surface area contributed by atoms with Crippen LogP contribution in [0.2, 0.25) is 0 Å². The van der Waals surface area contributed by atoms with Gasteiger partial charge in [0, 0.05) is 17.9 Å². The highest BCUT2D eigenvalue weighted by Gasteiger charge is 2.03. The highest BCUT2D eigenvalue weighted by atomic mass is 15.0. The van der Waals surface area contributed by atoms with E-state index >= 15 is 0 Å². The lowest BCUT2D eigenvalue weighted by atomic mass is 10.2. The Balaban J connectivity index is 1.99. The Hall–Kier alpha value is -2.03. The van der Waals surface area contributed by atoms with Gasteiger partial charge in [-0.25, -0.2) is 4.98 Å². The van der Waals surface area contributed by atoms with E-state index in [-0.39, 0.29) is 0 Å². The van der Waals surface area contributed by atoms with Crippen molar-refractivity contribution in [2.24, 2.45) is 0 Å². The molecule has 1 N–H and O–H groups in total. The number of H-pyrrole nitrogens is 1. The van der Waals surface area contributed by atoms with Gasteiger partial charge in [0.1, 0.15) is 0 Å². The number of aromatic nitrogens is 3. The van der Waals surface area contributed by atoms with Crippen LogP contribution < -0.4 is 0 Å². The van der Waals surface area contributed by atoms with Crippen LogP contribution in [0.5, 0.6) is 0 Å². The van der Waals surface area contributed by atoms with Crippen molar-refractivity contribution in [1.82, 2.24) is 14.5 Å². The molecule has 3 rings (SSSR count). The average Bonchev–Trinajstić information content (AvgIpc) is 2.90. The second kappa shape index (κ2) is 3.77. The minimum absolute atomic E-state index is 0.910. The summed E-state index contributed by atoms with van der Waals surface area (Å²) in [6, 6.07) is 10.7. The summed E-state index contributed by atoms with van der Waals surface area (Å²) in [5.74, 6) is 0. The lowest BCUT2D eigenvalue weighted by Crippen LogP contribution is -2.03. The van der Waals surface area contributed by atoms with Gasteiger partial charge in [-0.05, 0) is 43.7 Å². The number of rotatable bonds is 2. The van der Waals surface area contributed by atoms with Crippen molar-refractivity contribution in [3.63, 3.8) is 0 Å². The molecule has 2 aromatic heterocycles. The Kier molecular flexibility index (Phi) is 2.25. The number of hydrogen-bond donors (Lipinski definition) is 1. The van der Waals surface area contributed by atoms with Gasteiger partial charge < -0.3 is 9.55 Å². The fourth-order valence-corrected chi connectivity index (χ4v) is 2.21. The minimum Gasteiger partial charge on any atom is -0.345 e. The third-order valence-electron chi connectivity index (χ3n) is 3.24. The molecule has 0 spiro atoms.